The Bertz CT molecular complexity index is 722. The number of hydrogen-bond donors (Lipinski definition) is 1. The SMILES string of the molecule is CCCOc1c(Cl)cc(Cl)cc1CNCc1ccc2c(c1)OCO2. The van der Waals surface area contributed by atoms with Crippen LogP contribution in [0.4, 0.5) is 0 Å². The Morgan fingerprint density at radius 2 is 1.92 bits per heavy atom. The first-order valence-corrected chi connectivity index (χ1v) is 8.63. The minimum absolute atomic E-state index is 0.283. The number of nitrogens with one attached hydrogen (secondary N) is 1. The van der Waals surface area contributed by atoms with Crippen molar-refractivity contribution in [1.82, 2.24) is 5.32 Å². The van der Waals surface area contributed by atoms with Crippen molar-refractivity contribution >= 4 is 23.2 Å². The van der Waals surface area contributed by atoms with Gasteiger partial charge < -0.3 is 19.5 Å². The van der Waals surface area contributed by atoms with Crippen molar-refractivity contribution in [3.05, 3.63) is 51.5 Å². The molecule has 0 saturated carbocycles. The van der Waals surface area contributed by atoms with Crippen LogP contribution in [-0.4, -0.2) is 13.4 Å². The van der Waals surface area contributed by atoms with E-state index in [2.05, 4.69) is 12.2 Å². The fourth-order valence-electron chi connectivity index (χ4n) is 2.50. The fourth-order valence-corrected chi connectivity index (χ4v) is 3.09. The van der Waals surface area contributed by atoms with Crippen molar-refractivity contribution in [1.29, 1.82) is 0 Å². The molecule has 2 aromatic rings. The third-order valence-electron chi connectivity index (χ3n) is 3.62. The summed E-state index contributed by atoms with van der Waals surface area (Å²) in [6.07, 6.45) is 0.920. The zero-order valence-electron chi connectivity index (χ0n) is 13.4. The highest BCUT2D eigenvalue weighted by atomic mass is 35.5. The van der Waals surface area contributed by atoms with E-state index in [0.29, 0.717) is 35.5 Å². The molecule has 0 spiro atoms. The van der Waals surface area contributed by atoms with Crippen LogP contribution in [0.1, 0.15) is 24.5 Å². The number of hydrogen-bond acceptors (Lipinski definition) is 4. The first-order valence-electron chi connectivity index (χ1n) is 7.87. The first-order chi connectivity index (χ1) is 11.7. The Labute approximate surface area is 151 Å². The number of benzene rings is 2. The molecule has 3 rings (SSSR count). The van der Waals surface area contributed by atoms with Gasteiger partial charge in [-0.1, -0.05) is 36.2 Å². The number of rotatable bonds is 7. The van der Waals surface area contributed by atoms with E-state index in [0.717, 1.165) is 29.0 Å². The maximum Gasteiger partial charge on any atom is 0.231 e. The van der Waals surface area contributed by atoms with Crippen LogP contribution in [0.5, 0.6) is 17.2 Å². The summed E-state index contributed by atoms with van der Waals surface area (Å²) in [5.74, 6) is 2.27. The van der Waals surface area contributed by atoms with Gasteiger partial charge in [0.15, 0.2) is 11.5 Å². The Kier molecular flexibility index (Phi) is 5.72. The molecule has 1 N–H and O–H groups in total. The third-order valence-corrected chi connectivity index (χ3v) is 4.12. The van der Waals surface area contributed by atoms with Crippen LogP contribution in [-0.2, 0) is 13.1 Å². The molecule has 24 heavy (non-hydrogen) atoms. The molecule has 4 nitrogen and oxygen atoms in total. The van der Waals surface area contributed by atoms with Crippen molar-refractivity contribution in [2.75, 3.05) is 13.4 Å². The second kappa shape index (κ2) is 7.97. The van der Waals surface area contributed by atoms with Gasteiger partial charge in [-0.15, -0.1) is 0 Å². The summed E-state index contributed by atoms with van der Waals surface area (Å²) in [6, 6.07) is 9.50. The Hall–Kier alpha value is -1.62. The monoisotopic (exact) mass is 367 g/mol. The van der Waals surface area contributed by atoms with Crippen molar-refractivity contribution < 1.29 is 14.2 Å². The molecule has 0 unspecified atom stereocenters. The largest absolute Gasteiger partial charge is 0.492 e. The smallest absolute Gasteiger partial charge is 0.231 e. The topological polar surface area (TPSA) is 39.7 Å². The molecular weight excluding hydrogens is 349 g/mol. The summed E-state index contributed by atoms with van der Waals surface area (Å²) in [5, 5.41) is 4.53. The van der Waals surface area contributed by atoms with Crippen molar-refractivity contribution in [2.24, 2.45) is 0 Å². The molecule has 0 bridgehead atoms. The minimum Gasteiger partial charge on any atom is -0.492 e. The van der Waals surface area contributed by atoms with E-state index in [-0.39, 0.29) is 6.79 Å². The Morgan fingerprint density at radius 3 is 2.75 bits per heavy atom. The van der Waals surface area contributed by atoms with Crippen molar-refractivity contribution in [3.63, 3.8) is 0 Å². The summed E-state index contributed by atoms with van der Waals surface area (Å²) in [5.41, 5.74) is 2.06. The summed E-state index contributed by atoms with van der Waals surface area (Å²) >= 11 is 12.4. The lowest BCUT2D eigenvalue weighted by Crippen LogP contribution is -2.14. The Morgan fingerprint density at radius 1 is 1.08 bits per heavy atom. The lowest BCUT2D eigenvalue weighted by molar-refractivity contribution is 0.174. The van der Waals surface area contributed by atoms with Crippen LogP contribution in [0.25, 0.3) is 0 Å². The predicted octanol–water partition coefficient (Wildman–Crippen LogP) is 4.80. The highest BCUT2D eigenvalue weighted by Crippen LogP contribution is 2.34. The fraction of sp³-hybridized carbons (Fsp3) is 0.333. The number of ether oxygens (including phenoxy) is 3. The third kappa shape index (κ3) is 4.07. The zero-order chi connectivity index (χ0) is 16.9. The summed E-state index contributed by atoms with van der Waals surface area (Å²) in [4.78, 5) is 0. The van der Waals surface area contributed by atoms with E-state index < -0.39 is 0 Å². The quantitative estimate of drug-likeness (QED) is 0.762. The summed E-state index contributed by atoms with van der Waals surface area (Å²) in [6.45, 7) is 4.25. The average molecular weight is 368 g/mol. The molecule has 128 valence electrons. The van der Waals surface area contributed by atoms with E-state index in [9.17, 15) is 0 Å². The van der Waals surface area contributed by atoms with Crippen LogP contribution < -0.4 is 19.5 Å². The van der Waals surface area contributed by atoms with Gasteiger partial charge >= 0.3 is 0 Å². The number of fused-ring (bicyclic) bond motifs is 1. The van der Waals surface area contributed by atoms with Crippen LogP contribution in [0, 0.1) is 0 Å². The van der Waals surface area contributed by atoms with Crippen LogP contribution in [0.2, 0.25) is 10.0 Å². The highest BCUT2D eigenvalue weighted by molar-refractivity contribution is 6.35. The molecule has 0 atom stereocenters. The number of halogens is 2. The van der Waals surface area contributed by atoms with Gasteiger partial charge in [-0.05, 0) is 36.2 Å². The van der Waals surface area contributed by atoms with E-state index in [1.54, 1.807) is 6.07 Å². The molecule has 0 saturated heterocycles. The molecule has 0 aromatic heterocycles. The average Bonchev–Trinajstić information content (AvgIpc) is 3.01. The van der Waals surface area contributed by atoms with Crippen LogP contribution in [0.15, 0.2) is 30.3 Å². The van der Waals surface area contributed by atoms with E-state index in [4.69, 9.17) is 37.4 Å². The van der Waals surface area contributed by atoms with Crippen LogP contribution >= 0.6 is 23.2 Å². The van der Waals surface area contributed by atoms with Gasteiger partial charge in [-0.2, -0.15) is 0 Å². The van der Waals surface area contributed by atoms with E-state index in [1.807, 2.05) is 24.3 Å². The lowest BCUT2D eigenvalue weighted by atomic mass is 10.1. The lowest BCUT2D eigenvalue weighted by Gasteiger charge is -2.14. The van der Waals surface area contributed by atoms with E-state index >= 15 is 0 Å². The maximum absolute atomic E-state index is 6.26. The molecule has 2 aromatic carbocycles. The molecule has 0 radical (unpaired) electrons. The molecule has 0 aliphatic carbocycles. The van der Waals surface area contributed by atoms with Crippen LogP contribution in [0.3, 0.4) is 0 Å². The van der Waals surface area contributed by atoms with Gasteiger partial charge in [0.2, 0.25) is 6.79 Å². The molecule has 1 heterocycles. The van der Waals surface area contributed by atoms with Crippen molar-refractivity contribution in [3.8, 4) is 17.2 Å². The summed E-state index contributed by atoms with van der Waals surface area (Å²) < 4.78 is 16.5. The molecule has 1 aliphatic heterocycles. The highest BCUT2D eigenvalue weighted by Gasteiger charge is 2.14. The van der Waals surface area contributed by atoms with Gasteiger partial charge in [0.1, 0.15) is 5.75 Å². The van der Waals surface area contributed by atoms with Gasteiger partial charge in [0, 0.05) is 23.7 Å². The standard InChI is InChI=1S/C18H19Cl2NO3/c1-2-5-22-18-13(7-14(19)8-15(18)20)10-21-9-12-3-4-16-17(6-12)24-11-23-16/h3-4,6-8,21H,2,5,9-11H2,1H3. The second-order valence-corrected chi connectivity index (χ2v) is 6.36. The molecule has 0 amide bonds. The minimum atomic E-state index is 0.283. The Balaban J connectivity index is 1.65. The van der Waals surface area contributed by atoms with Gasteiger partial charge in [0.25, 0.3) is 0 Å². The molecular formula is C18H19Cl2NO3. The molecule has 0 fully saturated rings. The van der Waals surface area contributed by atoms with Gasteiger partial charge in [-0.25, -0.2) is 0 Å². The second-order valence-electron chi connectivity index (χ2n) is 5.52. The molecule has 6 heteroatoms. The van der Waals surface area contributed by atoms with Gasteiger partial charge in [-0.3, -0.25) is 0 Å². The van der Waals surface area contributed by atoms with E-state index in [1.165, 1.54) is 0 Å². The maximum atomic E-state index is 6.26. The molecule has 1 aliphatic rings. The van der Waals surface area contributed by atoms with Crippen molar-refractivity contribution in [2.45, 2.75) is 26.4 Å². The normalized spacial score (nSPS) is 12.5. The zero-order valence-corrected chi connectivity index (χ0v) is 14.9. The van der Waals surface area contributed by atoms with Gasteiger partial charge in [0.05, 0.1) is 11.6 Å². The summed E-state index contributed by atoms with van der Waals surface area (Å²) in [7, 11) is 0. The first kappa shape index (κ1) is 17.2. The predicted molar refractivity (Wildman–Crippen MR) is 95.4 cm³/mol.